The van der Waals surface area contributed by atoms with E-state index in [1.807, 2.05) is 36.4 Å². The van der Waals surface area contributed by atoms with Crippen LogP contribution in [0.5, 0.6) is 11.5 Å². The highest BCUT2D eigenvalue weighted by Gasteiger charge is 2.18. The van der Waals surface area contributed by atoms with E-state index < -0.39 is 10.1 Å². The Morgan fingerprint density at radius 2 is 1.37 bits per heavy atom. The van der Waals surface area contributed by atoms with Crippen LogP contribution in [0.1, 0.15) is 23.4 Å². The lowest BCUT2D eigenvalue weighted by Crippen LogP contribution is -2.35. The molecule has 0 atom stereocenters. The van der Waals surface area contributed by atoms with Crippen molar-refractivity contribution in [2.45, 2.75) is 19.4 Å². The molecule has 12 heteroatoms. The van der Waals surface area contributed by atoms with Crippen LogP contribution in [0.25, 0.3) is 22.4 Å². The fourth-order valence-electron chi connectivity index (χ4n) is 4.17. The fraction of sp³-hybridized carbons (Fsp3) is 0.483. The molecule has 0 aliphatic carbocycles. The zero-order chi connectivity index (χ0) is 28.8. The van der Waals surface area contributed by atoms with E-state index in [-0.39, 0.29) is 5.75 Å². The van der Waals surface area contributed by atoms with Gasteiger partial charge in [-0.3, -0.25) is 4.55 Å². The van der Waals surface area contributed by atoms with E-state index in [0.717, 1.165) is 20.8 Å². The molecule has 0 saturated carbocycles. The molecular weight excluding hydrogens is 570 g/mol. The maximum Gasteiger partial charge on any atom is 0.264 e. The molecule has 1 aromatic heterocycles. The second-order valence-corrected chi connectivity index (χ2v) is 11.9. The van der Waals surface area contributed by atoms with E-state index in [1.165, 1.54) is 0 Å². The first kappa shape index (κ1) is 31.4. The van der Waals surface area contributed by atoms with Gasteiger partial charge in [-0.25, -0.2) is 0 Å². The van der Waals surface area contributed by atoms with Gasteiger partial charge in [-0.1, -0.05) is 29.5 Å². The molecular formula is C29H38NO9S2+. The van der Waals surface area contributed by atoms with Crippen molar-refractivity contribution in [1.82, 2.24) is 0 Å². The van der Waals surface area contributed by atoms with Gasteiger partial charge in [0.05, 0.1) is 58.6 Å². The zero-order valence-corrected chi connectivity index (χ0v) is 24.7. The third-order valence-corrected chi connectivity index (χ3v) is 8.08. The van der Waals surface area contributed by atoms with E-state index >= 15 is 0 Å². The van der Waals surface area contributed by atoms with E-state index in [4.69, 9.17) is 33.0 Å². The molecule has 1 N–H and O–H groups in total. The number of nitrogens with zero attached hydrogens (tertiary/aromatic N) is 1. The van der Waals surface area contributed by atoms with Gasteiger partial charge in [0.1, 0.15) is 17.9 Å². The minimum Gasteiger partial charge on any atom is -0.487 e. The van der Waals surface area contributed by atoms with Crippen molar-refractivity contribution in [2.75, 3.05) is 71.8 Å². The number of thiazole rings is 1. The van der Waals surface area contributed by atoms with Crippen LogP contribution in [0.15, 0.2) is 42.5 Å². The minimum absolute atomic E-state index is 0.239. The third-order valence-electron chi connectivity index (χ3n) is 6.14. The number of rotatable bonds is 7. The third kappa shape index (κ3) is 11.0. The topological polar surface area (TPSA) is 114 Å². The molecule has 2 aromatic carbocycles. The number of unbranched alkanes of at least 4 members (excludes halogenated alkanes) is 1. The summed E-state index contributed by atoms with van der Waals surface area (Å²) in [5.41, 5.74) is 2.02. The van der Waals surface area contributed by atoms with Crippen molar-refractivity contribution in [3.05, 3.63) is 53.0 Å². The quantitative estimate of drug-likeness (QED) is 0.243. The van der Waals surface area contributed by atoms with E-state index in [1.54, 1.807) is 11.3 Å². The van der Waals surface area contributed by atoms with Gasteiger partial charge >= 0.3 is 0 Å². The molecule has 0 fully saturated rings. The van der Waals surface area contributed by atoms with Gasteiger partial charge < -0.3 is 28.4 Å². The number of para-hydroxylation sites is 1. The summed E-state index contributed by atoms with van der Waals surface area (Å²) in [7, 11) is -3.96. The lowest BCUT2D eigenvalue weighted by Gasteiger charge is -2.14. The van der Waals surface area contributed by atoms with Gasteiger partial charge in [0, 0.05) is 18.6 Å². The fourth-order valence-corrected chi connectivity index (χ4v) is 5.83. The van der Waals surface area contributed by atoms with Crippen molar-refractivity contribution < 1.29 is 46.0 Å². The minimum atomic E-state index is -3.96. The second-order valence-electron chi connectivity index (χ2n) is 9.24. The smallest absolute Gasteiger partial charge is 0.264 e. The summed E-state index contributed by atoms with van der Waals surface area (Å²) >= 11 is 1.66. The van der Waals surface area contributed by atoms with Crippen LogP contribution in [0.3, 0.4) is 0 Å². The Labute approximate surface area is 245 Å². The first-order valence-electron chi connectivity index (χ1n) is 13.7. The summed E-state index contributed by atoms with van der Waals surface area (Å²) in [5.74, 6) is 1.00. The molecule has 0 saturated heterocycles. The summed E-state index contributed by atoms with van der Waals surface area (Å²) in [4.78, 5) is 0. The zero-order valence-electron chi connectivity index (χ0n) is 23.1. The summed E-state index contributed by atoms with van der Waals surface area (Å²) in [5, 5.41) is 1.03. The number of hydrogen-bond acceptors (Lipinski definition) is 9. The van der Waals surface area contributed by atoms with Gasteiger partial charge in [-0.05, 0) is 36.3 Å². The molecule has 41 heavy (non-hydrogen) atoms. The Morgan fingerprint density at radius 1 is 0.756 bits per heavy atom. The maximum atomic E-state index is 11.1. The average molecular weight is 609 g/mol. The summed E-state index contributed by atoms with van der Waals surface area (Å²) in [6.45, 7) is 5.22. The number of fused-ring (bicyclic) bond motifs is 2. The number of ether oxygens (including phenoxy) is 6. The highest BCUT2D eigenvalue weighted by atomic mass is 32.2. The number of aryl methyl sites for hydroxylation is 1. The van der Waals surface area contributed by atoms with E-state index in [0.29, 0.717) is 97.0 Å². The van der Waals surface area contributed by atoms with Crippen molar-refractivity contribution >= 4 is 43.8 Å². The molecule has 10 nitrogen and oxygen atoms in total. The Bertz CT molecular complexity index is 1360. The predicted molar refractivity (Wildman–Crippen MR) is 157 cm³/mol. The molecule has 4 rings (SSSR count). The molecule has 2 heterocycles. The molecule has 0 unspecified atom stereocenters. The van der Waals surface area contributed by atoms with Gasteiger partial charge in [0.25, 0.3) is 15.1 Å². The number of aromatic nitrogens is 1. The molecule has 224 valence electrons. The largest absolute Gasteiger partial charge is 0.487 e. The molecule has 1 aliphatic rings. The van der Waals surface area contributed by atoms with Crippen molar-refractivity contribution in [3.63, 3.8) is 0 Å². The molecule has 1 aliphatic heterocycles. The van der Waals surface area contributed by atoms with Crippen LogP contribution in [0.2, 0.25) is 0 Å². The predicted octanol–water partition coefficient (Wildman–Crippen LogP) is 3.86. The first-order chi connectivity index (χ1) is 20.0. The number of benzene rings is 2. The molecule has 0 radical (unpaired) electrons. The Hall–Kier alpha value is -2.58. The standard InChI is InChI=1S/C29H37NO9S2/c31-41(32,33)22-4-3-11-30-25-5-1-2-6-28(25)40-29(30)10-8-24-7-9-26-27(23-24)39-21-19-37-17-15-35-13-12-34-14-16-36-18-20-38-26/h1-2,5-10,23H,3-4,11-22H2/p+1/b10-8+. The average Bonchev–Trinajstić information content (AvgIpc) is 3.31. The highest BCUT2D eigenvalue weighted by Crippen LogP contribution is 2.30. The van der Waals surface area contributed by atoms with Crippen LogP contribution in [-0.2, 0) is 35.6 Å². The first-order valence-corrected chi connectivity index (χ1v) is 16.2. The van der Waals surface area contributed by atoms with Crippen molar-refractivity contribution in [3.8, 4) is 11.5 Å². The summed E-state index contributed by atoms with van der Waals surface area (Å²) in [6.07, 6.45) is 5.08. The SMILES string of the molecule is O=S(=O)(O)CCCC[n+]1c(/C=C/c2ccc3c(c2)OCCOCCOCCOCCOCCO3)sc2ccccc21. The highest BCUT2D eigenvalue weighted by molar-refractivity contribution is 7.85. The summed E-state index contributed by atoms with van der Waals surface area (Å²) < 4.78 is 68.8. The Kier molecular flexibility index (Phi) is 12.8. The van der Waals surface area contributed by atoms with Gasteiger partial charge in [0.2, 0.25) is 5.52 Å². The molecule has 3 aromatic rings. The normalized spacial score (nSPS) is 16.9. The lowest BCUT2D eigenvalue weighted by atomic mass is 10.2. The van der Waals surface area contributed by atoms with Gasteiger partial charge in [-0.15, -0.1) is 0 Å². The van der Waals surface area contributed by atoms with Crippen LogP contribution in [0, 0.1) is 0 Å². The number of hydrogen-bond donors (Lipinski definition) is 1. The van der Waals surface area contributed by atoms with Crippen molar-refractivity contribution in [2.24, 2.45) is 0 Å². The van der Waals surface area contributed by atoms with E-state index in [2.05, 4.69) is 22.8 Å². The lowest BCUT2D eigenvalue weighted by molar-refractivity contribution is -0.669. The maximum absolute atomic E-state index is 11.1. The van der Waals surface area contributed by atoms with Crippen LogP contribution < -0.4 is 14.0 Å². The van der Waals surface area contributed by atoms with Crippen LogP contribution in [0.4, 0.5) is 0 Å². The Morgan fingerprint density at radius 3 is 2.02 bits per heavy atom. The van der Waals surface area contributed by atoms with Crippen molar-refractivity contribution in [1.29, 1.82) is 0 Å². The van der Waals surface area contributed by atoms with Gasteiger partial charge in [-0.2, -0.15) is 13.0 Å². The van der Waals surface area contributed by atoms with E-state index in [9.17, 15) is 8.42 Å². The molecule has 0 amide bonds. The van der Waals surface area contributed by atoms with Gasteiger partial charge in [0.15, 0.2) is 18.0 Å². The van der Waals surface area contributed by atoms with Crippen LogP contribution >= 0.6 is 11.3 Å². The Balaban J connectivity index is 1.46. The molecule has 0 bridgehead atoms. The monoisotopic (exact) mass is 608 g/mol. The molecule has 0 spiro atoms. The summed E-state index contributed by atoms with van der Waals surface area (Å²) in [6, 6.07) is 13.9. The second kappa shape index (κ2) is 16.8. The van der Waals surface area contributed by atoms with Crippen LogP contribution in [-0.4, -0.2) is 84.8 Å².